The van der Waals surface area contributed by atoms with Gasteiger partial charge in [-0.1, -0.05) is 30.3 Å². The van der Waals surface area contributed by atoms with Gasteiger partial charge >= 0.3 is 6.18 Å². The second kappa shape index (κ2) is 4.47. The third-order valence-corrected chi connectivity index (χ3v) is 3.17. The number of fused-ring (bicyclic) bond motifs is 1. The van der Waals surface area contributed by atoms with Crippen molar-refractivity contribution in [1.29, 1.82) is 0 Å². The summed E-state index contributed by atoms with van der Waals surface area (Å²) >= 11 is 0. The van der Waals surface area contributed by atoms with E-state index in [0.29, 0.717) is 5.56 Å². The largest absolute Gasteiger partial charge is 0.417 e. The summed E-state index contributed by atoms with van der Waals surface area (Å²) in [5, 5.41) is 4.14. The summed E-state index contributed by atoms with van der Waals surface area (Å²) < 4.78 is 41.2. The lowest BCUT2D eigenvalue weighted by atomic mass is 10.0. The predicted octanol–water partition coefficient (Wildman–Crippen LogP) is 3.24. The lowest BCUT2D eigenvalue weighted by Crippen LogP contribution is -2.08. The topological polar surface area (TPSA) is 56.7 Å². The molecular formula is C14H11F3N4. The van der Waals surface area contributed by atoms with Crippen LogP contribution < -0.4 is 5.73 Å². The van der Waals surface area contributed by atoms with Gasteiger partial charge in [0.1, 0.15) is 11.5 Å². The number of rotatable bonds is 1. The van der Waals surface area contributed by atoms with E-state index in [1.54, 1.807) is 37.4 Å². The van der Waals surface area contributed by atoms with Crippen molar-refractivity contribution < 1.29 is 13.2 Å². The van der Waals surface area contributed by atoms with Gasteiger partial charge in [0.2, 0.25) is 0 Å². The van der Waals surface area contributed by atoms with Gasteiger partial charge in [0.25, 0.3) is 0 Å². The Bertz CT molecular complexity index is 806. The number of alkyl halides is 3. The van der Waals surface area contributed by atoms with E-state index in [1.807, 2.05) is 0 Å². The number of hydrogen-bond donors (Lipinski definition) is 1. The molecule has 0 spiro atoms. The highest BCUT2D eigenvalue weighted by atomic mass is 19.4. The number of halogens is 3. The van der Waals surface area contributed by atoms with Gasteiger partial charge in [-0.15, -0.1) is 0 Å². The minimum absolute atomic E-state index is 0.0367. The van der Waals surface area contributed by atoms with Crippen molar-refractivity contribution in [2.45, 2.75) is 6.18 Å². The van der Waals surface area contributed by atoms with Crippen molar-refractivity contribution >= 4 is 16.9 Å². The molecule has 0 unspecified atom stereocenters. The molecule has 0 aliphatic rings. The van der Waals surface area contributed by atoms with E-state index < -0.39 is 11.7 Å². The van der Waals surface area contributed by atoms with Crippen LogP contribution in [0, 0.1) is 0 Å². The van der Waals surface area contributed by atoms with Crippen molar-refractivity contribution in [2.75, 3.05) is 5.73 Å². The Balaban J connectivity index is 2.43. The van der Waals surface area contributed by atoms with Crippen LogP contribution in [-0.4, -0.2) is 14.8 Å². The number of benzene rings is 1. The molecule has 7 heteroatoms. The van der Waals surface area contributed by atoms with Crippen LogP contribution in [0.1, 0.15) is 5.56 Å². The fourth-order valence-electron chi connectivity index (χ4n) is 2.29. The van der Waals surface area contributed by atoms with Gasteiger partial charge in [0.15, 0.2) is 5.65 Å². The normalized spacial score (nSPS) is 12.0. The highest BCUT2D eigenvalue weighted by Crippen LogP contribution is 2.39. The molecular weight excluding hydrogens is 281 g/mol. The molecule has 0 aliphatic heterocycles. The van der Waals surface area contributed by atoms with E-state index in [2.05, 4.69) is 10.1 Å². The zero-order valence-corrected chi connectivity index (χ0v) is 11.0. The number of aromatic nitrogens is 3. The predicted molar refractivity (Wildman–Crippen MR) is 73.4 cm³/mol. The molecule has 108 valence electrons. The molecule has 0 amide bonds. The first-order valence-electron chi connectivity index (χ1n) is 6.14. The second-order valence-electron chi connectivity index (χ2n) is 4.63. The lowest BCUT2D eigenvalue weighted by Gasteiger charge is -2.10. The van der Waals surface area contributed by atoms with Crippen LogP contribution >= 0.6 is 0 Å². The zero-order valence-electron chi connectivity index (χ0n) is 11.0. The molecule has 0 fully saturated rings. The average molecular weight is 292 g/mol. The Kier molecular flexibility index (Phi) is 2.86. The summed E-state index contributed by atoms with van der Waals surface area (Å²) in [6.45, 7) is 0. The summed E-state index contributed by atoms with van der Waals surface area (Å²) in [7, 11) is 1.54. The standard InChI is InChI=1S/C14H11F3N4/c1-21-13-11(9(14(15,16)17)7-10(18)19-13)12(20-21)8-5-3-2-4-6-8/h2-7H,1H3,(H2,18,19). The third-order valence-electron chi connectivity index (χ3n) is 3.17. The van der Waals surface area contributed by atoms with E-state index in [0.717, 1.165) is 6.07 Å². The number of nitrogens with zero attached hydrogens (tertiary/aromatic N) is 3. The molecule has 4 nitrogen and oxygen atoms in total. The molecule has 3 rings (SSSR count). The third kappa shape index (κ3) is 2.20. The molecule has 2 heterocycles. The summed E-state index contributed by atoms with van der Waals surface area (Å²) in [4.78, 5) is 3.97. The summed E-state index contributed by atoms with van der Waals surface area (Å²) in [6, 6.07) is 9.53. The summed E-state index contributed by atoms with van der Waals surface area (Å²) in [6.07, 6.45) is -4.53. The Hall–Kier alpha value is -2.57. The molecule has 0 saturated carbocycles. The monoisotopic (exact) mass is 292 g/mol. The van der Waals surface area contributed by atoms with Crippen LogP contribution in [-0.2, 0) is 13.2 Å². The SMILES string of the molecule is Cn1nc(-c2ccccc2)c2c(C(F)(F)F)cc(N)nc21. The van der Waals surface area contributed by atoms with E-state index >= 15 is 0 Å². The van der Waals surface area contributed by atoms with Gasteiger partial charge in [-0.05, 0) is 6.07 Å². The van der Waals surface area contributed by atoms with Crippen LogP contribution in [0.4, 0.5) is 19.0 Å². The van der Waals surface area contributed by atoms with Crippen molar-refractivity contribution in [3.63, 3.8) is 0 Å². The van der Waals surface area contributed by atoms with Crippen LogP contribution in [0.15, 0.2) is 36.4 Å². The second-order valence-corrected chi connectivity index (χ2v) is 4.63. The van der Waals surface area contributed by atoms with Crippen molar-refractivity contribution in [3.8, 4) is 11.3 Å². The quantitative estimate of drug-likeness (QED) is 0.749. The smallest absolute Gasteiger partial charge is 0.384 e. The molecule has 0 atom stereocenters. The van der Waals surface area contributed by atoms with Gasteiger partial charge in [0, 0.05) is 12.6 Å². The number of pyridine rings is 1. The number of anilines is 1. The Morgan fingerprint density at radius 3 is 2.43 bits per heavy atom. The maximum absolute atomic E-state index is 13.3. The maximum Gasteiger partial charge on any atom is 0.417 e. The summed E-state index contributed by atoms with van der Waals surface area (Å²) in [5.41, 5.74) is 5.62. The molecule has 0 aliphatic carbocycles. The van der Waals surface area contributed by atoms with Crippen LogP contribution in [0.5, 0.6) is 0 Å². The van der Waals surface area contributed by atoms with Crippen LogP contribution in [0.3, 0.4) is 0 Å². The Labute approximate surface area is 118 Å². The fraction of sp³-hybridized carbons (Fsp3) is 0.143. The minimum Gasteiger partial charge on any atom is -0.384 e. The Morgan fingerprint density at radius 1 is 1.14 bits per heavy atom. The lowest BCUT2D eigenvalue weighted by molar-refractivity contribution is -0.136. The molecule has 1 aromatic carbocycles. The minimum atomic E-state index is -4.53. The summed E-state index contributed by atoms with van der Waals surface area (Å²) in [5.74, 6) is -0.183. The van der Waals surface area contributed by atoms with E-state index in [9.17, 15) is 13.2 Å². The van der Waals surface area contributed by atoms with Gasteiger partial charge in [-0.3, -0.25) is 0 Å². The first-order chi connectivity index (χ1) is 9.88. The van der Waals surface area contributed by atoms with Crippen LogP contribution in [0.25, 0.3) is 22.3 Å². The van der Waals surface area contributed by atoms with Gasteiger partial charge in [0.05, 0.1) is 10.9 Å². The van der Waals surface area contributed by atoms with Gasteiger partial charge in [-0.2, -0.15) is 18.3 Å². The first-order valence-corrected chi connectivity index (χ1v) is 6.14. The average Bonchev–Trinajstić information content (AvgIpc) is 2.75. The molecule has 0 saturated heterocycles. The van der Waals surface area contributed by atoms with Gasteiger partial charge in [-0.25, -0.2) is 9.67 Å². The fourth-order valence-corrected chi connectivity index (χ4v) is 2.29. The highest BCUT2D eigenvalue weighted by Gasteiger charge is 2.35. The van der Waals surface area contributed by atoms with E-state index in [1.165, 1.54) is 4.68 Å². The molecule has 3 aromatic rings. The molecule has 2 aromatic heterocycles. The van der Waals surface area contributed by atoms with E-state index in [-0.39, 0.29) is 22.5 Å². The van der Waals surface area contributed by atoms with Crippen molar-refractivity contribution in [2.24, 2.45) is 7.05 Å². The molecule has 0 radical (unpaired) electrons. The zero-order chi connectivity index (χ0) is 15.2. The number of nitrogen functional groups attached to an aromatic ring is 1. The molecule has 21 heavy (non-hydrogen) atoms. The van der Waals surface area contributed by atoms with E-state index in [4.69, 9.17) is 5.73 Å². The van der Waals surface area contributed by atoms with Gasteiger partial charge < -0.3 is 5.73 Å². The molecule has 2 N–H and O–H groups in total. The van der Waals surface area contributed by atoms with Crippen LogP contribution in [0.2, 0.25) is 0 Å². The molecule has 0 bridgehead atoms. The number of nitrogens with two attached hydrogens (primary N) is 1. The highest BCUT2D eigenvalue weighted by molar-refractivity contribution is 5.95. The maximum atomic E-state index is 13.3. The van der Waals surface area contributed by atoms with Crippen molar-refractivity contribution in [1.82, 2.24) is 14.8 Å². The Morgan fingerprint density at radius 2 is 1.81 bits per heavy atom. The van der Waals surface area contributed by atoms with Crippen molar-refractivity contribution in [3.05, 3.63) is 42.0 Å². The first kappa shape index (κ1) is 13.4. The number of aryl methyl sites for hydroxylation is 1. The number of hydrogen-bond acceptors (Lipinski definition) is 3.